The third-order valence-electron chi connectivity index (χ3n) is 4.08. The summed E-state index contributed by atoms with van der Waals surface area (Å²) in [6.45, 7) is 0.322. The van der Waals surface area contributed by atoms with Gasteiger partial charge < -0.3 is 5.32 Å². The molecule has 4 rings (SSSR count). The molecule has 2 aromatic carbocycles. The van der Waals surface area contributed by atoms with E-state index in [0.717, 1.165) is 5.69 Å². The van der Waals surface area contributed by atoms with Crippen LogP contribution in [0.2, 0.25) is 0 Å². The highest BCUT2D eigenvalue weighted by molar-refractivity contribution is 7.93. The average molecular weight is 425 g/mol. The molecule has 0 spiro atoms. The number of anilines is 1. The number of thiazole rings is 1. The first-order chi connectivity index (χ1) is 14.0. The van der Waals surface area contributed by atoms with Gasteiger partial charge >= 0.3 is 0 Å². The van der Waals surface area contributed by atoms with Crippen LogP contribution >= 0.6 is 11.3 Å². The van der Waals surface area contributed by atoms with Crippen LogP contribution in [0.25, 0.3) is 10.2 Å². The molecule has 0 radical (unpaired) electrons. The lowest BCUT2D eigenvalue weighted by Gasteiger charge is -2.04. The number of carbonyl (C=O) groups excluding carboxylic acids is 1. The van der Waals surface area contributed by atoms with Crippen LogP contribution in [-0.4, -0.2) is 24.3 Å². The fourth-order valence-electron chi connectivity index (χ4n) is 2.66. The molecule has 0 aliphatic rings. The molecule has 0 fully saturated rings. The smallest absolute Gasteiger partial charge is 0.263 e. The fourth-order valence-corrected chi connectivity index (χ4v) is 4.82. The number of nitrogens with one attached hydrogen (secondary N) is 2. The highest BCUT2D eigenvalue weighted by Crippen LogP contribution is 2.28. The van der Waals surface area contributed by atoms with Crippen molar-refractivity contribution in [2.24, 2.45) is 0 Å². The van der Waals surface area contributed by atoms with E-state index >= 15 is 0 Å². The third-order valence-corrected chi connectivity index (χ3v) is 6.50. The van der Waals surface area contributed by atoms with Crippen molar-refractivity contribution in [3.05, 3.63) is 84.2 Å². The van der Waals surface area contributed by atoms with Gasteiger partial charge in [-0.05, 0) is 42.5 Å². The quantitative estimate of drug-likeness (QED) is 0.494. The standard InChI is InChI=1S/C20H16N4O3S2/c25-19(22-13-15-6-4-5-11-21-15)14-9-10-17-18(12-14)28-20(23-17)24-29(26,27)16-7-2-1-3-8-16/h1-12H,13H2,(H,22,25)(H,23,24). The Balaban J connectivity index is 1.51. The largest absolute Gasteiger partial charge is 0.346 e. The summed E-state index contributed by atoms with van der Waals surface area (Å²) >= 11 is 1.17. The van der Waals surface area contributed by atoms with Crippen LogP contribution in [0.15, 0.2) is 77.8 Å². The van der Waals surface area contributed by atoms with E-state index in [9.17, 15) is 13.2 Å². The molecule has 2 aromatic heterocycles. The molecule has 7 nitrogen and oxygen atoms in total. The van der Waals surface area contributed by atoms with Crippen LogP contribution in [0.3, 0.4) is 0 Å². The second kappa shape index (κ2) is 7.98. The van der Waals surface area contributed by atoms with Crippen LogP contribution in [0.1, 0.15) is 16.1 Å². The second-order valence-electron chi connectivity index (χ2n) is 6.12. The van der Waals surface area contributed by atoms with E-state index in [1.165, 1.54) is 23.5 Å². The van der Waals surface area contributed by atoms with Gasteiger partial charge in [0.1, 0.15) is 0 Å². The molecule has 9 heteroatoms. The van der Waals surface area contributed by atoms with Gasteiger partial charge in [0.05, 0.1) is 27.4 Å². The number of fused-ring (bicyclic) bond motifs is 1. The van der Waals surface area contributed by atoms with Crippen molar-refractivity contribution in [3.63, 3.8) is 0 Å². The van der Waals surface area contributed by atoms with Gasteiger partial charge in [-0.1, -0.05) is 35.6 Å². The van der Waals surface area contributed by atoms with Crippen molar-refractivity contribution in [2.75, 3.05) is 4.72 Å². The summed E-state index contributed by atoms with van der Waals surface area (Å²) in [5.74, 6) is -0.239. The molecule has 1 amide bonds. The maximum atomic E-state index is 12.5. The predicted molar refractivity (Wildman–Crippen MR) is 112 cm³/mol. The minimum atomic E-state index is -3.71. The lowest BCUT2D eigenvalue weighted by molar-refractivity contribution is 0.0950. The van der Waals surface area contributed by atoms with Crippen molar-refractivity contribution < 1.29 is 13.2 Å². The van der Waals surface area contributed by atoms with E-state index in [0.29, 0.717) is 22.3 Å². The molecule has 0 saturated heterocycles. The van der Waals surface area contributed by atoms with E-state index < -0.39 is 10.0 Å². The number of hydrogen-bond donors (Lipinski definition) is 2. The van der Waals surface area contributed by atoms with Gasteiger partial charge in [0.2, 0.25) is 0 Å². The number of rotatable bonds is 6. The molecule has 0 atom stereocenters. The SMILES string of the molecule is O=C(NCc1ccccn1)c1ccc2nc(NS(=O)(=O)c3ccccc3)sc2c1. The van der Waals surface area contributed by atoms with Gasteiger partial charge in [0.25, 0.3) is 15.9 Å². The average Bonchev–Trinajstić information content (AvgIpc) is 3.14. The maximum absolute atomic E-state index is 12.5. The molecule has 0 aliphatic carbocycles. The second-order valence-corrected chi connectivity index (χ2v) is 8.84. The fraction of sp³-hybridized carbons (Fsp3) is 0.0500. The third kappa shape index (κ3) is 4.41. The number of hydrogen-bond acceptors (Lipinski definition) is 6. The lowest BCUT2D eigenvalue weighted by atomic mass is 10.2. The van der Waals surface area contributed by atoms with Crippen molar-refractivity contribution in [2.45, 2.75) is 11.4 Å². The van der Waals surface area contributed by atoms with E-state index in [2.05, 4.69) is 20.0 Å². The van der Waals surface area contributed by atoms with Gasteiger partial charge in [-0.2, -0.15) is 0 Å². The minimum Gasteiger partial charge on any atom is -0.346 e. The Morgan fingerprint density at radius 3 is 2.55 bits per heavy atom. The molecular weight excluding hydrogens is 408 g/mol. The molecule has 2 N–H and O–H groups in total. The monoisotopic (exact) mass is 424 g/mol. The molecule has 2 heterocycles. The Kier molecular flexibility index (Phi) is 5.24. The van der Waals surface area contributed by atoms with Gasteiger partial charge in [0.15, 0.2) is 5.13 Å². The van der Waals surface area contributed by atoms with Gasteiger partial charge in [-0.15, -0.1) is 0 Å². The zero-order chi connectivity index (χ0) is 20.3. The zero-order valence-corrected chi connectivity index (χ0v) is 16.7. The van der Waals surface area contributed by atoms with Crippen LogP contribution in [0.5, 0.6) is 0 Å². The van der Waals surface area contributed by atoms with Crippen molar-refractivity contribution >= 4 is 42.6 Å². The van der Waals surface area contributed by atoms with Gasteiger partial charge in [-0.3, -0.25) is 14.5 Å². The number of sulfonamides is 1. The summed E-state index contributed by atoms with van der Waals surface area (Å²) in [5, 5.41) is 3.06. The summed E-state index contributed by atoms with van der Waals surface area (Å²) in [5.41, 5.74) is 1.84. The molecular formula is C20H16N4O3S2. The van der Waals surface area contributed by atoms with E-state index in [-0.39, 0.29) is 15.9 Å². The number of carbonyl (C=O) groups is 1. The summed E-state index contributed by atoms with van der Waals surface area (Å²) < 4.78 is 28.1. The van der Waals surface area contributed by atoms with Crippen LogP contribution in [-0.2, 0) is 16.6 Å². The number of amides is 1. The van der Waals surface area contributed by atoms with Crippen molar-refractivity contribution in [1.82, 2.24) is 15.3 Å². The van der Waals surface area contributed by atoms with Gasteiger partial charge in [0, 0.05) is 11.8 Å². The van der Waals surface area contributed by atoms with E-state index in [4.69, 9.17) is 0 Å². The number of benzene rings is 2. The first-order valence-corrected chi connectivity index (χ1v) is 11.0. The number of pyridine rings is 1. The normalized spacial score (nSPS) is 11.3. The van der Waals surface area contributed by atoms with Crippen molar-refractivity contribution in [1.29, 1.82) is 0 Å². The summed E-state index contributed by atoms with van der Waals surface area (Å²) in [6, 6.07) is 18.6. The summed E-state index contributed by atoms with van der Waals surface area (Å²) in [7, 11) is -3.71. The minimum absolute atomic E-state index is 0.161. The Bertz CT molecular complexity index is 1260. The first-order valence-electron chi connectivity index (χ1n) is 8.68. The van der Waals surface area contributed by atoms with Crippen LogP contribution < -0.4 is 10.0 Å². The Morgan fingerprint density at radius 2 is 1.79 bits per heavy atom. The Labute approximate surface area is 171 Å². The van der Waals surface area contributed by atoms with E-state index in [1.807, 2.05) is 18.2 Å². The highest BCUT2D eigenvalue weighted by Gasteiger charge is 2.17. The Morgan fingerprint density at radius 1 is 1.00 bits per heavy atom. The van der Waals surface area contributed by atoms with E-state index in [1.54, 1.807) is 42.6 Å². The predicted octanol–water partition coefficient (Wildman–Crippen LogP) is 3.42. The molecule has 4 aromatic rings. The molecule has 0 saturated carbocycles. The zero-order valence-electron chi connectivity index (χ0n) is 15.1. The topological polar surface area (TPSA) is 101 Å². The molecule has 0 bridgehead atoms. The van der Waals surface area contributed by atoms with Gasteiger partial charge in [-0.25, -0.2) is 13.4 Å². The number of nitrogens with zero attached hydrogens (tertiary/aromatic N) is 2. The molecule has 0 aliphatic heterocycles. The Hall–Kier alpha value is -3.30. The first kappa shape index (κ1) is 19.0. The summed E-state index contributed by atoms with van der Waals surface area (Å²) in [6.07, 6.45) is 1.67. The summed E-state index contributed by atoms with van der Waals surface area (Å²) in [4.78, 5) is 21.0. The van der Waals surface area contributed by atoms with Crippen molar-refractivity contribution in [3.8, 4) is 0 Å². The maximum Gasteiger partial charge on any atom is 0.263 e. The molecule has 29 heavy (non-hydrogen) atoms. The number of aromatic nitrogens is 2. The molecule has 146 valence electrons. The highest BCUT2D eigenvalue weighted by atomic mass is 32.2. The van der Waals surface area contributed by atoms with Crippen LogP contribution in [0.4, 0.5) is 5.13 Å². The van der Waals surface area contributed by atoms with Crippen LogP contribution in [0, 0.1) is 0 Å². The lowest BCUT2D eigenvalue weighted by Crippen LogP contribution is -2.23. The molecule has 0 unspecified atom stereocenters.